The maximum Gasteiger partial charge on any atom is 0.321 e. The molecular weight excluding hydrogens is 308 g/mol. The van der Waals surface area contributed by atoms with Crippen LogP contribution in [0.4, 0.5) is 0 Å². The highest BCUT2D eigenvalue weighted by Gasteiger charge is 2.27. The summed E-state index contributed by atoms with van der Waals surface area (Å²) < 4.78 is 5.15. The lowest BCUT2D eigenvalue weighted by molar-refractivity contribution is -0.143. The summed E-state index contributed by atoms with van der Waals surface area (Å²) in [6.07, 6.45) is 1.64. The number of benzene rings is 1. The van der Waals surface area contributed by atoms with Crippen LogP contribution in [0.2, 0.25) is 0 Å². The molecular formula is C18H20N2O2S. The number of nitrogens with zero attached hydrogens (tertiary/aromatic N) is 1. The third-order valence-electron chi connectivity index (χ3n) is 3.48. The molecule has 0 saturated carbocycles. The largest absolute Gasteiger partial charge is 0.465 e. The highest BCUT2D eigenvalue weighted by atomic mass is 32.1. The quantitative estimate of drug-likeness (QED) is 0.652. The van der Waals surface area contributed by atoms with Crippen molar-refractivity contribution in [2.45, 2.75) is 26.3 Å². The first-order valence-electron chi connectivity index (χ1n) is 7.53. The number of thiocarbonyl (C=S) groups is 1. The fraction of sp³-hybridized carbons (Fsp3) is 0.278. The fourth-order valence-electron chi connectivity index (χ4n) is 2.23. The van der Waals surface area contributed by atoms with Crippen LogP contribution in [0.3, 0.4) is 0 Å². The molecule has 0 spiro atoms. The molecule has 1 N–H and O–H groups in total. The normalized spacial score (nSPS) is 11.6. The van der Waals surface area contributed by atoms with Crippen LogP contribution in [0.1, 0.15) is 29.7 Å². The predicted octanol–water partition coefficient (Wildman–Crippen LogP) is 3.15. The van der Waals surface area contributed by atoms with Crippen molar-refractivity contribution in [2.75, 3.05) is 6.61 Å². The van der Waals surface area contributed by atoms with Gasteiger partial charge in [-0.15, -0.1) is 0 Å². The van der Waals surface area contributed by atoms with E-state index in [1.165, 1.54) is 5.56 Å². The second kappa shape index (κ2) is 8.39. The van der Waals surface area contributed by atoms with Crippen molar-refractivity contribution in [3.05, 3.63) is 65.5 Å². The van der Waals surface area contributed by atoms with Crippen LogP contribution in [0.5, 0.6) is 0 Å². The van der Waals surface area contributed by atoms with Crippen LogP contribution in [0.25, 0.3) is 0 Å². The molecule has 1 atom stereocenters. The van der Waals surface area contributed by atoms with Crippen molar-refractivity contribution in [3.8, 4) is 0 Å². The van der Waals surface area contributed by atoms with Gasteiger partial charge in [0.2, 0.25) is 0 Å². The summed E-state index contributed by atoms with van der Waals surface area (Å²) in [7, 11) is 0. The van der Waals surface area contributed by atoms with Crippen molar-refractivity contribution in [1.82, 2.24) is 10.3 Å². The average Bonchev–Trinajstić information content (AvgIpc) is 2.55. The van der Waals surface area contributed by atoms with E-state index in [1.807, 2.05) is 37.3 Å². The maximum absolute atomic E-state index is 12.3. The number of nitrogens with one attached hydrogen (secondary N) is 1. The second-order valence-electron chi connectivity index (χ2n) is 5.08. The summed E-state index contributed by atoms with van der Waals surface area (Å²) in [6.45, 7) is 4.69. The second-order valence-corrected chi connectivity index (χ2v) is 5.52. The summed E-state index contributed by atoms with van der Waals surface area (Å²) in [5.41, 5.74) is 2.90. The van der Waals surface area contributed by atoms with E-state index in [9.17, 15) is 4.79 Å². The molecule has 0 amide bonds. The number of hydrogen-bond donors (Lipinski definition) is 1. The van der Waals surface area contributed by atoms with E-state index >= 15 is 0 Å². The predicted molar refractivity (Wildman–Crippen MR) is 94.2 cm³/mol. The molecule has 0 unspecified atom stereocenters. The van der Waals surface area contributed by atoms with E-state index in [1.54, 1.807) is 25.3 Å². The van der Waals surface area contributed by atoms with Crippen LogP contribution in [-0.2, 0) is 16.1 Å². The Balaban J connectivity index is 2.14. The summed E-state index contributed by atoms with van der Waals surface area (Å²) in [5, 5.41) is 3.17. The van der Waals surface area contributed by atoms with E-state index in [4.69, 9.17) is 17.0 Å². The number of aromatic nitrogens is 1. The average molecular weight is 328 g/mol. The van der Waals surface area contributed by atoms with Crippen LogP contribution >= 0.6 is 12.2 Å². The maximum atomic E-state index is 12.3. The highest BCUT2D eigenvalue weighted by Crippen LogP contribution is 2.17. The summed E-state index contributed by atoms with van der Waals surface area (Å²) in [4.78, 5) is 16.9. The first kappa shape index (κ1) is 17.1. The number of ether oxygens (including phenoxy) is 1. The molecule has 1 aromatic heterocycles. The van der Waals surface area contributed by atoms with Crippen LogP contribution < -0.4 is 5.32 Å². The van der Waals surface area contributed by atoms with Gasteiger partial charge in [-0.2, -0.15) is 0 Å². The number of pyridine rings is 1. The smallest absolute Gasteiger partial charge is 0.321 e. The van der Waals surface area contributed by atoms with Crippen molar-refractivity contribution in [2.24, 2.45) is 0 Å². The van der Waals surface area contributed by atoms with Gasteiger partial charge in [0.05, 0.1) is 17.3 Å². The zero-order valence-corrected chi connectivity index (χ0v) is 14.1. The van der Waals surface area contributed by atoms with E-state index in [0.717, 1.165) is 5.56 Å². The Hall–Kier alpha value is -2.27. The van der Waals surface area contributed by atoms with Gasteiger partial charge in [-0.1, -0.05) is 42.5 Å². The minimum Gasteiger partial charge on any atom is -0.465 e. The zero-order valence-electron chi connectivity index (χ0n) is 13.3. The van der Waals surface area contributed by atoms with Gasteiger partial charge in [0.25, 0.3) is 0 Å². The topological polar surface area (TPSA) is 51.2 Å². The molecule has 0 radical (unpaired) electrons. The first-order chi connectivity index (χ1) is 11.1. The van der Waals surface area contributed by atoms with Crippen LogP contribution in [0.15, 0.2) is 48.7 Å². The lowest BCUT2D eigenvalue weighted by Gasteiger charge is -2.18. The number of rotatable bonds is 6. The minimum atomic E-state index is -0.685. The zero-order chi connectivity index (χ0) is 16.7. The lowest BCUT2D eigenvalue weighted by atomic mass is 10.0. The summed E-state index contributed by atoms with van der Waals surface area (Å²) >= 11 is 5.44. The SMILES string of the molecule is CCOC(=O)[C@H](C(=S)NCc1ccccc1C)c1ccccn1. The number of aryl methyl sites for hydroxylation is 1. The first-order valence-corrected chi connectivity index (χ1v) is 7.94. The van der Waals surface area contributed by atoms with Gasteiger partial charge in [-0.3, -0.25) is 9.78 Å². The Morgan fingerprint density at radius 3 is 2.65 bits per heavy atom. The van der Waals surface area contributed by atoms with Crippen LogP contribution in [-0.4, -0.2) is 22.5 Å². The molecule has 23 heavy (non-hydrogen) atoms. The van der Waals surface area contributed by atoms with Crippen LogP contribution in [0, 0.1) is 6.92 Å². The van der Waals surface area contributed by atoms with Gasteiger partial charge >= 0.3 is 5.97 Å². The molecule has 0 aliphatic carbocycles. The van der Waals surface area contributed by atoms with Crippen molar-refractivity contribution >= 4 is 23.2 Å². The molecule has 1 heterocycles. The van der Waals surface area contributed by atoms with Gasteiger partial charge in [0.15, 0.2) is 0 Å². The molecule has 4 nitrogen and oxygen atoms in total. The Labute approximate surface area is 141 Å². The fourth-order valence-corrected chi connectivity index (χ4v) is 2.52. The molecule has 1 aromatic carbocycles. The molecule has 0 aliphatic heterocycles. The Kier molecular flexibility index (Phi) is 6.23. The molecule has 2 rings (SSSR count). The summed E-state index contributed by atoms with van der Waals surface area (Å²) in [5.74, 6) is -1.07. The Morgan fingerprint density at radius 1 is 1.26 bits per heavy atom. The Morgan fingerprint density at radius 2 is 2.00 bits per heavy atom. The van der Waals surface area contributed by atoms with E-state index in [2.05, 4.69) is 10.3 Å². The van der Waals surface area contributed by atoms with Crippen molar-refractivity contribution in [3.63, 3.8) is 0 Å². The van der Waals surface area contributed by atoms with Gasteiger partial charge < -0.3 is 10.1 Å². The molecule has 2 aromatic rings. The van der Waals surface area contributed by atoms with Crippen molar-refractivity contribution in [1.29, 1.82) is 0 Å². The monoisotopic (exact) mass is 328 g/mol. The van der Waals surface area contributed by atoms with E-state index in [0.29, 0.717) is 23.8 Å². The number of carbonyl (C=O) groups is 1. The van der Waals surface area contributed by atoms with Crippen molar-refractivity contribution < 1.29 is 9.53 Å². The summed E-state index contributed by atoms with van der Waals surface area (Å²) in [6, 6.07) is 13.5. The highest BCUT2D eigenvalue weighted by molar-refractivity contribution is 7.80. The third kappa shape index (κ3) is 4.60. The lowest BCUT2D eigenvalue weighted by Crippen LogP contribution is -2.33. The molecule has 120 valence electrons. The minimum absolute atomic E-state index is 0.308. The molecule has 0 fully saturated rings. The number of carbonyl (C=O) groups excluding carboxylic acids is 1. The third-order valence-corrected chi connectivity index (χ3v) is 3.86. The van der Waals surface area contributed by atoms with E-state index in [-0.39, 0.29) is 5.97 Å². The standard InChI is InChI=1S/C18H20N2O2S/c1-3-22-18(21)16(15-10-6-7-11-19-15)17(23)20-12-14-9-5-4-8-13(14)2/h4-11,16H,3,12H2,1-2H3,(H,20,23)/t16-/m0/s1. The van der Waals surface area contributed by atoms with Gasteiger partial charge in [-0.25, -0.2) is 0 Å². The number of esters is 1. The number of hydrogen-bond acceptors (Lipinski definition) is 4. The Bertz CT molecular complexity index is 674. The van der Waals surface area contributed by atoms with Gasteiger partial charge in [0, 0.05) is 12.7 Å². The van der Waals surface area contributed by atoms with Gasteiger partial charge in [-0.05, 0) is 37.1 Å². The van der Waals surface area contributed by atoms with Gasteiger partial charge in [0.1, 0.15) is 5.92 Å². The van der Waals surface area contributed by atoms with E-state index < -0.39 is 5.92 Å². The molecule has 0 bridgehead atoms. The molecule has 5 heteroatoms. The molecule has 0 saturated heterocycles. The molecule has 0 aliphatic rings.